The molecule has 0 atom stereocenters. The minimum absolute atomic E-state index is 0.0532. The molecule has 4 heterocycles. The second-order valence-electron chi connectivity index (χ2n) is 11.9. The smallest absolute Gasteiger partial charge is 0.247 e. The van der Waals surface area contributed by atoms with Crippen molar-refractivity contribution in [2.24, 2.45) is 17.8 Å². The molecule has 1 N–H and O–H groups in total. The Balaban J connectivity index is 0. The number of pyridine rings is 3. The molecule has 5 aromatic rings. The van der Waals surface area contributed by atoms with E-state index in [4.69, 9.17) is 0 Å². The topological polar surface area (TPSA) is 63.0 Å². The first-order valence-electron chi connectivity index (χ1n) is 15.3. The van der Waals surface area contributed by atoms with Crippen LogP contribution in [0.5, 0.6) is 0 Å². The molecule has 0 bridgehead atoms. The molecule has 236 valence electrons. The summed E-state index contributed by atoms with van der Waals surface area (Å²) in [4.78, 5) is 16.5. The van der Waals surface area contributed by atoms with Crippen molar-refractivity contribution in [2.75, 3.05) is 0 Å². The molecule has 0 saturated carbocycles. The Morgan fingerprint density at radius 3 is 1.37 bits per heavy atom. The zero-order valence-electron chi connectivity index (χ0n) is 28.6. The Morgan fingerprint density at radius 1 is 0.558 bits per heavy atom. The van der Waals surface area contributed by atoms with Crippen molar-refractivity contribution in [3.63, 3.8) is 0 Å². The quantitative estimate of drug-likeness (QED) is 0.212. The van der Waals surface area contributed by atoms with Crippen LogP contribution in [0, 0.1) is 17.8 Å². The van der Waals surface area contributed by atoms with E-state index in [0.717, 1.165) is 23.3 Å². The molecule has 5 nitrogen and oxygen atoms in total. The summed E-state index contributed by atoms with van der Waals surface area (Å²) in [5.41, 5.74) is 2.50. The van der Waals surface area contributed by atoms with Gasteiger partial charge in [-0.25, -0.2) is 4.52 Å². The molecule has 0 unspecified atom stereocenters. The van der Waals surface area contributed by atoms with Gasteiger partial charge in [-0.15, -0.1) is 0 Å². The molecular weight excluding hydrogens is 528 g/mol. The highest BCUT2D eigenvalue weighted by atomic mass is 16.1. The van der Waals surface area contributed by atoms with Crippen molar-refractivity contribution in [3.8, 4) is 0 Å². The molecule has 0 radical (unpaired) electrons. The van der Waals surface area contributed by atoms with Crippen molar-refractivity contribution in [3.05, 3.63) is 138 Å². The van der Waals surface area contributed by atoms with Crippen LogP contribution in [0.25, 0.3) is 5.52 Å². The van der Waals surface area contributed by atoms with Gasteiger partial charge in [0, 0.05) is 37.1 Å². The lowest BCUT2D eigenvalue weighted by molar-refractivity contribution is 0.736. The van der Waals surface area contributed by atoms with E-state index in [-0.39, 0.29) is 5.56 Å². The van der Waals surface area contributed by atoms with Gasteiger partial charge in [0.2, 0.25) is 5.56 Å². The molecular formula is C38H58N4O. The summed E-state index contributed by atoms with van der Waals surface area (Å²) in [5.74, 6) is 3.16. The highest BCUT2D eigenvalue weighted by Gasteiger charge is 1.93. The van der Waals surface area contributed by atoms with Gasteiger partial charge in [0.25, 0.3) is 0 Å². The van der Waals surface area contributed by atoms with Crippen molar-refractivity contribution >= 4 is 5.52 Å². The van der Waals surface area contributed by atoms with Crippen LogP contribution >= 0.6 is 0 Å². The van der Waals surface area contributed by atoms with Crippen molar-refractivity contribution in [1.82, 2.24) is 19.6 Å². The molecule has 0 spiro atoms. The standard InChI is InChI=1S/C9H12.C7H6N2.C5H5NO.C5H5N.3C4H10/c1-8(2)9-6-4-3-5-7-9;1-2-6-9-7(3-1)4-5-8-9;7-5-3-1-2-4-6-5;1-2-4-6-5-3-1;3*1-4(2)3/h3-8H,1-2H3;1-6H;1-4H,(H,6,7);1-5H;3*4H,1-3H3. The van der Waals surface area contributed by atoms with Gasteiger partial charge in [0.15, 0.2) is 0 Å². The largest absolute Gasteiger partial charge is 0.329 e. The molecule has 0 aliphatic heterocycles. The molecule has 0 aliphatic carbocycles. The normalized spacial score (nSPS) is 9.28. The zero-order chi connectivity index (χ0) is 32.9. The number of aromatic amines is 1. The van der Waals surface area contributed by atoms with Crippen LogP contribution in [0.15, 0.2) is 127 Å². The van der Waals surface area contributed by atoms with Gasteiger partial charge in [-0.3, -0.25) is 9.78 Å². The lowest BCUT2D eigenvalue weighted by atomic mass is 10.0. The first-order chi connectivity index (χ1) is 20.4. The summed E-state index contributed by atoms with van der Waals surface area (Å²) in [5, 5.41) is 4.04. The van der Waals surface area contributed by atoms with E-state index in [1.807, 2.05) is 59.2 Å². The van der Waals surface area contributed by atoms with Crippen LogP contribution in [0.2, 0.25) is 0 Å². The Kier molecular flexibility index (Phi) is 26.9. The fourth-order valence-electron chi connectivity index (χ4n) is 2.39. The van der Waals surface area contributed by atoms with Crippen LogP contribution in [-0.2, 0) is 0 Å². The molecule has 4 aromatic heterocycles. The SMILES string of the molecule is CC(C)C.CC(C)C.CC(C)C.CC(C)c1ccccc1.O=c1cccc[nH]1.c1ccn2nccc2c1.c1ccncc1. The number of fused-ring (bicyclic) bond motifs is 1. The lowest BCUT2D eigenvalue weighted by Gasteiger charge is -2.01. The van der Waals surface area contributed by atoms with Crippen molar-refractivity contribution < 1.29 is 0 Å². The summed E-state index contributed by atoms with van der Waals surface area (Å²) >= 11 is 0. The fraction of sp³-hybridized carbons (Fsp3) is 0.395. The van der Waals surface area contributed by atoms with Gasteiger partial charge in [-0.1, -0.05) is 125 Å². The van der Waals surface area contributed by atoms with Crippen LogP contribution in [0.3, 0.4) is 0 Å². The third kappa shape index (κ3) is 32.4. The lowest BCUT2D eigenvalue weighted by Crippen LogP contribution is -1.98. The molecule has 5 rings (SSSR count). The first-order valence-corrected chi connectivity index (χ1v) is 15.3. The van der Waals surface area contributed by atoms with E-state index >= 15 is 0 Å². The predicted molar refractivity (Wildman–Crippen MR) is 189 cm³/mol. The molecule has 0 fully saturated rings. The number of hydrogen-bond acceptors (Lipinski definition) is 3. The Hall–Kier alpha value is -3.99. The average molecular weight is 587 g/mol. The average Bonchev–Trinajstić information content (AvgIpc) is 3.44. The summed E-state index contributed by atoms with van der Waals surface area (Å²) < 4.78 is 1.83. The molecule has 0 saturated heterocycles. The van der Waals surface area contributed by atoms with E-state index in [0.29, 0.717) is 5.92 Å². The summed E-state index contributed by atoms with van der Waals surface area (Å²) in [7, 11) is 0. The molecule has 1 aromatic carbocycles. The number of H-pyrrole nitrogens is 1. The summed E-state index contributed by atoms with van der Waals surface area (Å²) in [6.45, 7) is 23.9. The Labute approximate surface area is 262 Å². The van der Waals surface area contributed by atoms with E-state index in [9.17, 15) is 4.79 Å². The number of nitrogens with zero attached hydrogens (tertiary/aromatic N) is 3. The molecule has 43 heavy (non-hydrogen) atoms. The zero-order valence-corrected chi connectivity index (χ0v) is 28.6. The minimum atomic E-state index is -0.0532. The van der Waals surface area contributed by atoms with Crippen LogP contribution in [-0.4, -0.2) is 19.6 Å². The minimum Gasteiger partial charge on any atom is -0.329 e. The Morgan fingerprint density at radius 2 is 1.05 bits per heavy atom. The highest BCUT2D eigenvalue weighted by Crippen LogP contribution is 2.11. The Bertz CT molecular complexity index is 1180. The maximum Gasteiger partial charge on any atom is 0.247 e. The monoisotopic (exact) mass is 586 g/mol. The van der Waals surface area contributed by atoms with Gasteiger partial charge in [-0.05, 0) is 65.6 Å². The molecule has 5 heteroatoms. The third-order valence-electron chi connectivity index (χ3n) is 4.02. The summed E-state index contributed by atoms with van der Waals surface area (Å²) in [6.07, 6.45) is 8.81. The van der Waals surface area contributed by atoms with E-state index in [2.05, 4.69) is 115 Å². The second-order valence-corrected chi connectivity index (χ2v) is 11.9. The molecule has 0 amide bonds. The third-order valence-corrected chi connectivity index (χ3v) is 4.02. The predicted octanol–water partition coefficient (Wildman–Crippen LogP) is 10.6. The highest BCUT2D eigenvalue weighted by molar-refractivity contribution is 5.44. The van der Waals surface area contributed by atoms with Gasteiger partial charge < -0.3 is 4.98 Å². The van der Waals surface area contributed by atoms with Crippen LogP contribution < -0.4 is 5.56 Å². The van der Waals surface area contributed by atoms with Crippen molar-refractivity contribution in [1.29, 1.82) is 0 Å². The van der Waals surface area contributed by atoms with Gasteiger partial charge >= 0.3 is 0 Å². The van der Waals surface area contributed by atoms with Gasteiger partial charge in [-0.2, -0.15) is 5.10 Å². The van der Waals surface area contributed by atoms with E-state index < -0.39 is 0 Å². The number of nitrogens with one attached hydrogen (secondary N) is 1. The van der Waals surface area contributed by atoms with E-state index in [1.54, 1.807) is 36.9 Å². The first kappa shape index (κ1) is 41.1. The molecule has 0 aliphatic rings. The number of aromatic nitrogens is 4. The van der Waals surface area contributed by atoms with Crippen LogP contribution in [0.4, 0.5) is 0 Å². The van der Waals surface area contributed by atoms with E-state index in [1.165, 1.54) is 11.6 Å². The van der Waals surface area contributed by atoms with Gasteiger partial charge in [0.1, 0.15) is 0 Å². The summed E-state index contributed by atoms with van der Waals surface area (Å²) in [6, 6.07) is 29.1. The van der Waals surface area contributed by atoms with Crippen molar-refractivity contribution in [2.45, 2.75) is 82.1 Å². The second kappa shape index (κ2) is 28.1. The van der Waals surface area contributed by atoms with Crippen LogP contribution in [0.1, 0.15) is 87.6 Å². The van der Waals surface area contributed by atoms with Gasteiger partial charge in [0.05, 0.1) is 5.52 Å². The fourth-order valence-corrected chi connectivity index (χ4v) is 2.39. The number of hydrogen-bond donors (Lipinski definition) is 1. The number of rotatable bonds is 1. The number of benzene rings is 1. The maximum absolute atomic E-state index is 10.2. The maximum atomic E-state index is 10.2.